The average molecular weight is 482 g/mol. The number of carbonyl (C=O) groups excluding carboxylic acids is 2. The van der Waals surface area contributed by atoms with Crippen LogP contribution < -0.4 is 9.64 Å². The summed E-state index contributed by atoms with van der Waals surface area (Å²) in [5.41, 5.74) is 2.45. The van der Waals surface area contributed by atoms with E-state index in [0.717, 1.165) is 5.56 Å². The second-order valence-electron chi connectivity index (χ2n) is 7.64. The molecule has 0 saturated carbocycles. The predicted molar refractivity (Wildman–Crippen MR) is 130 cm³/mol. The second kappa shape index (κ2) is 9.30. The van der Waals surface area contributed by atoms with E-state index in [-0.39, 0.29) is 16.4 Å². The Balaban J connectivity index is 1.91. The van der Waals surface area contributed by atoms with Crippen molar-refractivity contribution in [3.05, 3.63) is 99.0 Å². The number of ketones is 1. The van der Waals surface area contributed by atoms with Crippen LogP contribution in [0.1, 0.15) is 29.7 Å². The summed E-state index contributed by atoms with van der Waals surface area (Å²) in [6, 6.07) is 18.1. The summed E-state index contributed by atoms with van der Waals surface area (Å²) in [6.07, 6.45) is 0. The van der Waals surface area contributed by atoms with Crippen molar-refractivity contribution in [2.75, 3.05) is 11.5 Å². The second-order valence-corrected chi connectivity index (χ2v) is 8.45. The Morgan fingerprint density at radius 3 is 2.36 bits per heavy atom. The van der Waals surface area contributed by atoms with Gasteiger partial charge >= 0.3 is 0 Å². The number of aliphatic hydroxyl groups excluding tert-OH is 1. The van der Waals surface area contributed by atoms with Gasteiger partial charge in [-0.05, 0) is 61.9 Å². The normalized spacial score (nSPS) is 17.5. The molecular formula is C26H21Cl2NO4. The minimum atomic E-state index is -0.822. The number of Topliss-reactive ketones (excluding diaryl/α,β-unsaturated/α-hetero) is 1. The number of hydrogen-bond donors (Lipinski definition) is 1. The first-order valence-electron chi connectivity index (χ1n) is 10.4. The lowest BCUT2D eigenvalue weighted by Crippen LogP contribution is -2.29. The standard InChI is InChI=1S/C26H21Cl2NO4/c1-3-33-19-10-8-18(9-11-19)29-23(16-6-4-5-15(2)13-16)22(25(31)26(29)32)24(30)17-7-12-20(27)21(28)14-17/h4-14,23,30H,3H2,1-2H3/b24-22-. The van der Waals surface area contributed by atoms with Crippen LogP contribution in [0, 0.1) is 6.92 Å². The Labute approximate surface area is 201 Å². The molecule has 1 fully saturated rings. The molecule has 7 heteroatoms. The summed E-state index contributed by atoms with van der Waals surface area (Å²) in [6.45, 7) is 4.32. The smallest absolute Gasteiger partial charge is 0.300 e. The molecule has 1 aliphatic heterocycles. The molecule has 0 spiro atoms. The van der Waals surface area contributed by atoms with Crippen molar-refractivity contribution in [2.45, 2.75) is 19.9 Å². The maximum Gasteiger partial charge on any atom is 0.300 e. The van der Waals surface area contributed by atoms with E-state index < -0.39 is 17.7 Å². The van der Waals surface area contributed by atoms with Gasteiger partial charge in [-0.25, -0.2) is 0 Å². The van der Waals surface area contributed by atoms with E-state index in [0.29, 0.717) is 34.2 Å². The minimum Gasteiger partial charge on any atom is -0.507 e. The van der Waals surface area contributed by atoms with Gasteiger partial charge in [0.25, 0.3) is 11.7 Å². The van der Waals surface area contributed by atoms with Crippen molar-refractivity contribution >= 4 is 46.3 Å². The molecule has 4 rings (SSSR count). The number of benzene rings is 3. The predicted octanol–water partition coefficient (Wildman–Crippen LogP) is 6.33. The van der Waals surface area contributed by atoms with E-state index in [1.807, 2.05) is 38.1 Å². The molecule has 5 nitrogen and oxygen atoms in total. The van der Waals surface area contributed by atoms with E-state index in [1.54, 1.807) is 30.3 Å². The highest BCUT2D eigenvalue weighted by Crippen LogP contribution is 2.43. The van der Waals surface area contributed by atoms with E-state index in [1.165, 1.54) is 17.0 Å². The van der Waals surface area contributed by atoms with Crippen molar-refractivity contribution in [3.63, 3.8) is 0 Å². The van der Waals surface area contributed by atoms with Crippen molar-refractivity contribution in [1.29, 1.82) is 0 Å². The van der Waals surface area contributed by atoms with Gasteiger partial charge in [0.1, 0.15) is 11.5 Å². The number of halogens is 2. The highest BCUT2D eigenvalue weighted by molar-refractivity contribution is 6.51. The largest absolute Gasteiger partial charge is 0.507 e. The summed E-state index contributed by atoms with van der Waals surface area (Å²) < 4.78 is 5.49. The Kier molecular flexibility index (Phi) is 6.45. The molecule has 0 bridgehead atoms. The third-order valence-corrected chi connectivity index (χ3v) is 6.16. The van der Waals surface area contributed by atoms with Crippen LogP contribution in [-0.4, -0.2) is 23.4 Å². The SMILES string of the molecule is CCOc1ccc(N2C(=O)C(=O)/C(=C(\O)c3ccc(Cl)c(Cl)c3)C2c2cccc(C)c2)cc1. The average Bonchev–Trinajstić information content (AvgIpc) is 3.06. The van der Waals surface area contributed by atoms with Gasteiger partial charge in [0.05, 0.1) is 28.3 Å². The molecule has 1 atom stereocenters. The molecule has 3 aromatic carbocycles. The van der Waals surface area contributed by atoms with Crippen LogP contribution in [0.4, 0.5) is 5.69 Å². The molecule has 33 heavy (non-hydrogen) atoms. The Hall–Kier alpha value is -3.28. The highest BCUT2D eigenvalue weighted by atomic mass is 35.5. The summed E-state index contributed by atoms with van der Waals surface area (Å²) in [7, 11) is 0. The Morgan fingerprint density at radius 2 is 1.73 bits per heavy atom. The molecule has 1 heterocycles. The lowest BCUT2D eigenvalue weighted by Gasteiger charge is -2.26. The van der Waals surface area contributed by atoms with Crippen LogP contribution in [0.3, 0.4) is 0 Å². The fourth-order valence-corrected chi connectivity index (χ4v) is 4.22. The number of amides is 1. The van der Waals surface area contributed by atoms with Crippen molar-refractivity contribution in [3.8, 4) is 5.75 Å². The molecule has 1 amide bonds. The molecule has 0 radical (unpaired) electrons. The molecule has 0 aliphatic carbocycles. The van der Waals surface area contributed by atoms with Crippen molar-refractivity contribution in [1.82, 2.24) is 0 Å². The Morgan fingerprint density at radius 1 is 1.00 bits per heavy atom. The lowest BCUT2D eigenvalue weighted by atomic mass is 9.94. The first kappa shape index (κ1) is 22.9. The monoisotopic (exact) mass is 481 g/mol. The number of ether oxygens (including phenoxy) is 1. The van der Waals surface area contributed by atoms with Crippen LogP contribution in [0.2, 0.25) is 10.0 Å². The van der Waals surface area contributed by atoms with E-state index >= 15 is 0 Å². The topological polar surface area (TPSA) is 66.8 Å². The fraction of sp³-hybridized carbons (Fsp3) is 0.154. The zero-order chi connectivity index (χ0) is 23.7. The lowest BCUT2D eigenvalue weighted by molar-refractivity contribution is -0.132. The molecule has 1 saturated heterocycles. The molecule has 1 unspecified atom stereocenters. The van der Waals surface area contributed by atoms with Crippen LogP contribution in [0.15, 0.2) is 72.3 Å². The number of carbonyl (C=O) groups is 2. The number of rotatable bonds is 5. The number of aryl methyl sites for hydroxylation is 1. The minimum absolute atomic E-state index is 0.0159. The maximum absolute atomic E-state index is 13.2. The van der Waals surface area contributed by atoms with Gasteiger partial charge in [-0.15, -0.1) is 0 Å². The van der Waals surface area contributed by atoms with Crippen molar-refractivity contribution in [2.24, 2.45) is 0 Å². The van der Waals surface area contributed by atoms with Gasteiger partial charge in [0.2, 0.25) is 0 Å². The zero-order valence-corrected chi connectivity index (χ0v) is 19.5. The molecule has 0 aromatic heterocycles. The number of anilines is 1. The molecule has 1 aliphatic rings. The molecule has 1 N–H and O–H groups in total. The summed E-state index contributed by atoms with van der Waals surface area (Å²) in [4.78, 5) is 27.8. The molecular weight excluding hydrogens is 461 g/mol. The van der Waals surface area contributed by atoms with E-state index in [4.69, 9.17) is 27.9 Å². The Bertz CT molecular complexity index is 1270. The quantitative estimate of drug-likeness (QED) is 0.262. The van der Waals surface area contributed by atoms with Gasteiger partial charge in [0, 0.05) is 11.3 Å². The van der Waals surface area contributed by atoms with Crippen LogP contribution >= 0.6 is 23.2 Å². The van der Waals surface area contributed by atoms with Gasteiger partial charge in [0.15, 0.2) is 0 Å². The number of hydrogen-bond acceptors (Lipinski definition) is 4. The fourth-order valence-electron chi connectivity index (χ4n) is 3.92. The summed E-state index contributed by atoms with van der Waals surface area (Å²) in [5.74, 6) is -1.17. The number of aliphatic hydroxyl groups is 1. The first-order chi connectivity index (χ1) is 15.8. The van der Waals surface area contributed by atoms with Gasteiger partial charge in [-0.3, -0.25) is 14.5 Å². The summed E-state index contributed by atoms with van der Waals surface area (Å²) in [5, 5.41) is 11.7. The van der Waals surface area contributed by atoms with Crippen LogP contribution in [-0.2, 0) is 9.59 Å². The number of nitrogens with zero attached hydrogens (tertiary/aromatic N) is 1. The van der Waals surface area contributed by atoms with Crippen LogP contribution in [0.25, 0.3) is 5.76 Å². The van der Waals surface area contributed by atoms with Gasteiger partial charge < -0.3 is 9.84 Å². The summed E-state index contributed by atoms with van der Waals surface area (Å²) >= 11 is 12.1. The van der Waals surface area contributed by atoms with E-state index in [9.17, 15) is 14.7 Å². The van der Waals surface area contributed by atoms with E-state index in [2.05, 4.69) is 0 Å². The van der Waals surface area contributed by atoms with Crippen molar-refractivity contribution < 1.29 is 19.4 Å². The van der Waals surface area contributed by atoms with Gasteiger partial charge in [-0.2, -0.15) is 0 Å². The zero-order valence-electron chi connectivity index (χ0n) is 18.0. The first-order valence-corrected chi connectivity index (χ1v) is 11.1. The van der Waals surface area contributed by atoms with Gasteiger partial charge in [-0.1, -0.05) is 53.0 Å². The highest BCUT2D eigenvalue weighted by Gasteiger charge is 2.47. The third-order valence-electron chi connectivity index (χ3n) is 5.42. The molecule has 3 aromatic rings. The van der Waals surface area contributed by atoms with Crippen LogP contribution in [0.5, 0.6) is 5.75 Å². The third kappa shape index (κ3) is 4.34. The maximum atomic E-state index is 13.2. The molecule has 168 valence electrons.